The van der Waals surface area contributed by atoms with E-state index in [9.17, 15) is 18.4 Å². The molecule has 3 rings (SSSR count). The minimum absolute atomic E-state index is 0.00856. The third-order valence-corrected chi connectivity index (χ3v) is 4.03. The van der Waals surface area contributed by atoms with Gasteiger partial charge < -0.3 is 15.0 Å². The normalized spacial score (nSPS) is 16.8. The number of methoxy groups -OCH3 is 1. The maximum atomic E-state index is 13.2. The van der Waals surface area contributed by atoms with Gasteiger partial charge in [-0.25, -0.2) is 8.78 Å². The number of nitrogens with one attached hydrogen (secondary N) is 1. The number of anilines is 1. The number of rotatable bonds is 4. The highest BCUT2D eigenvalue weighted by Gasteiger charge is 2.31. The Kier molecular flexibility index (Phi) is 4.65. The lowest BCUT2D eigenvalue weighted by Crippen LogP contribution is -2.37. The van der Waals surface area contributed by atoms with Crippen molar-refractivity contribution in [3.8, 4) is 5.75 Å². The van der Waals surface area contributed by atoms with Crippen molar-refractivity contribution in [3.05, 3.63) is 59.7 Å². The van der Waals surface area contributed by atoms with Crippen LogP contribution in [0.5, 0.6) is 5.75 Å². The molecule has 7 heteroatoms. The molecule has 1 atom stereocenters. The Balaban J connectivity index is 1.67. The maximum Gasteiger partial charge on any atom is 0.251 e. The van der Waals surface area contributed by atoms with Crippen LogP contribution in [0.3, 0.4) is 0 Å². The Bertz CT molecular complexity index is 808. The number of amides is 2. The summed E-state index contributed by atoms with van der Waals surface area (Å²) in [6.07, 6.45) is 0.140. The van der Waals surface area contributed by atoms with Crippen LogP contribution < -0.4 is 15.0 Å². The van der Waals surface area contributed by atoms with Gasteiger partial charge in [0.1, 0.15) is 5.75 Å². The number of ether oxygens (including phenoxy) is 1. The number of nitrogens with zero attached hydrogens (tertiary/aromatic N) is 1. The minimum atomic E-state index is -1.09. The van der Waals surface area contributed by atoms with Crippen molar-refractivity contribution in [2.24, 2.45) is 0 Å². The maximum absolute atomic E-state index is 13.2. The number of halogens is 2. The van der Waals surface area contributed by atoms with Crippen LogP contribution in [0.15, 0.2) is 42.5 Å². The van der Waals surface area contributed by atoms with Crippen molar-refractivity contribution in [2.75, 3.05) is 18.6 Å². The predicted molar refractivity (Wildman–Crippen MR) is 87.6 cm³/mol. The molecule has 1 aliphatic rings. The fourth-order valence-corrected chi connectivity index (χ4v) is 2.72. The first-order valence-corrected chi connectivity index (χ1v) is 7.68. The first-order chi connectivity index (χ1) is 12.0. The zero-order chi connectivity index (χ0) is 18.0. The van der Waals surface area contributed by atoms with Crippen LogP contribution in [0.1, 0.15) is 16.8 Å². The molecule has 130 valence electrons. The highest BCUT2D eigenvalue weighted by Crippen LogP contribution is 2.24. The molecule has 1 heterocycles. The van der Waals surface area contributed by atoms with E-state index in [-0.39, 0.29) is 17.9 Å². The molecule has 0 spiro atoms. The highest BCUT2D eigenvalue weighted by molar-refractivity contribution is 5.99. The van der Waals surface area contributed by atoms with E-state index in [1.165, 1.54) is 6.07 Å². The van der Waals surface area contributed by atoms with Gasteiger partial charge in [0.25, 0.3) is 5.91 Å². The van der Waals surface area contributed by atoms with Crippen molar-refractivity contribution in [2.45, 2.75) is 12.5 Å². The second-order valence-corrected chi connectivity index (χ2v) is 5.71. The van der Waals surface area contributed by atoms with Gasteiger partial charge in [0.2, 0.25) is 5.91 Å². The van der Waals surface area contributed by atoms with Crippen LogP contribution in [0.4, 0.5) is 14.5 Å². The molecule has 0 saturated carbocycles. The molecule has 2 amide bonds. The Morgan fingerprint density at radius 1 is 1.16 bits per heavy atom. The van der Waals surface area contributed by atoms with Crippen LogP contribution in [0.2, 0.25) is 0 Å². The second kappa shape index (κ2) is 6.88. The standard InChI is InChI=1S/C18H16F2N2O3/c1-25-14-5-3-13(4-6-14)22-10-12(9-17(22)23)21-18(24)11-2-7-15(19)16(20)8-11/h2-8,12H,9-10H2,1H3,(H,21,24)/t12-/m0/s1. The molecule has 0 aliphatic carbocycles. The Morgan fingerprint density at radius 3 is 2.52 bits per heavy atom. The summed E-state index contributed by atoms with van der Waals surface area (Å²) in [4.78, 5) is 25.9. The molecule has 2 aromatic rings. The van der Waals surface area contributed by atoms with Crippen LogP contribution in [-0.4, -0.2) is 31.5 Å². The van der Waals surface area contributed by atoms with E-state index >= 15 is 0 Å². The SMILES string of the molecule is COc1ccc(N2C[C@@H](NC(=O)c3ccc(F)c(F)c3)CC2=O)cc1. The van der Waals surface area contributed by atoms with E-state index in [1.807, 2.05) is 0 Å². The lowest BCUT2D eigenvalue weighted by Gasteiger charge is -2.17. The third-order valence-electron chi connectivity index (χ3n) is 4.03. The first kappa shape index (κ1) is 16.9. The average Bonchev–Trinajstić information content (AvgIpc) is 2.97. The molecule has 0 unspecified atom stereocenters. The molecular formula is C18H16F2N2O3. The van der Waals surface area contributed by atoms with E-state index in [0.29, 0.717) is 18.0 Å². The number of carbonyl (C=O) groups excluding carboxylic acids is 2. The molecule has 0 aromatic heterocycles. The van der Waals surface area contributed by atoms with Gasteiger partial charge in [0.05, 0.1) is 13.2 Å². The predicted octanol–water partition coefficient (Wildman–Crippen LogP) is 2.51. The van der Waals surface area contributed by atoms with Crippen LogP contribution in [-0.2, 0) is 4.79 Å². The summed E-state index contributed by atoms with van der Waals surface area (Å²) in [6, 6.07) is 9.54. The quantitative estimate of drug-likeness (QED) is 0.925. The van der Waals surface area contributed by atoms with E-state index in [4.69, 9.17) is 4.74 Å². The third kappa shape index (κ3) is 3.60. The van der Waals surface area contributed by atoms with Gasteiger partial charge in [-0.05, 0) is 42.5 Å². The lowest BCUT2D eigenvalue weighted by atomic mass is 10.1. The van der Waals surface area contributed by atoms with Crippen molar-refractivity contribution in [3.63, 3.8) is 0 Å². The summed E-state index contributed by atoms with van der Waals surface area (Å²) in [7, 11) is 1.56. The van der Waals surface area contributed by atoms with Gasteiger partial charge in [-0.3, -0.25) is 9.59 Å². The summed E-state index contributed by atoms with van der Waals surface area (Å²) in [6.45, 7) is 0.306. The number of benzene rings is 2. The van der Waals surface area contributed by atoms with Gasteiger partial charge in [-0.1, -0.05) is 0 Å². The van der Waals surface area contributed by atoms with Gasteiger partial charge in [-0.15, -0.1) is 0 Å². The topological polar surface area (TPSA) is 58.6 Å². The van der Waals surface area contributed by atoms with Gasteiger partial charge >= 0.3 is 0 Å². The van der Waals surface area contributed by atoms with E-state index in [2.05, 4.69) is 5.32 Å². The molecule has 1 aliphatic heterocycles. The molecule has 2 aromatic carbocycles. The fourth-order valence-electron chi connectivity index (χ4n) is 2.72. The summed E-state index contributed by atoms with van der Waals surface area (Å²) in [5.74, 6) is -2.10. The van der Waals surface area contributed by atoms with Crippen LogP contribution >= 0.6 is 0 Å². The van der Waals surface area contributed by atoms with Crippen molar-refractivity contribution in [1.82, 2.24) is 5.32 Å². The van der Waals surface area contributed by atoms with E-state index in [0.717, 1.165) is 12.1 Å². The van der Waals surface area contributed by atoms with Crippen molar-refractivity contribution in [1.29, 1.82) is 0 Å². The number of hydrogen-bond acceptors (Lipinski definition) is 3. The first-order valence-electron chi connectivity index (χ1n) is 7.68. The molecular weight excluding hydrogens is 330 g/mol. The number of hydrogen-bond donors (Lipinski definition) is 1. The zero-order valence-corrected chi connectivity index (χ0v) is 13.5. The molecule has 0 radical (unpaired) electrons. The highest BCUT2D eigenvalue weighted by atomic mass is 19.2. The molecule has 1 N–H and O–H groups in total. The summed E-state index contributed by atoms with van der Waals surface area (Å²) in [5, 5.41) is 2.68. The zero-order valence-electron chi connectivity index (χ0n) is 13.5. The van der Waals surface area contributed by atoms with Crippen LogP contribution in [0.25, 0.3) is 0 Å². The second-order valence-electron chi connectivity index (χ2n) is 5.71. The monoisotopic (exact) mass is 346 g/mol. The smallest absolute Gasteiger partial charge is 0.251 e. The molecule has 1 fully saturated rings. The van der Waals surface area contributed by atoms with Crippen LogP contribution in [0, 0.1) is 11.6 Å². The largest absolute Gasteiger partial charge is 0.497 e. The van der Waals surface area contributed by atoms with Gasteiger partial charge in [0, 0.05) is 24.2 Å². The summed E-state index contributed by atoms with van der Waals surface area (Å²) in [5.41, 5.74) is 0.713. The van der Waals surface area contributed by atoms with Gasteiger partial charge in [0.15, 0.2) is 11.6 Å². The van der Waals surface area contributed by atoms with Gasteiger partial charge in [-0.2, -0.15) is 0 Å². The van der Waals surface area contributed by atoms with E-state index in [1.54, 1.807) is 36.3 Å². The molecule has 1 saturated heterocycles. The molecule has 5 nitrogen and oxygen atoms in total. The summed E-state index contributed by atoms with van der Waals surface area (Å²) < 4.78 is 31.3. The Morgan fingerprint density at radius 2 is 1.88 bits per heavy atom. The van der Waals surface area contributed by atoms with Crippen molar-refractivity contribution < 1.29 is 23.1 Å². The number of carbonyl (C=O) groups is 2. The Hall–Kier alpha value is -2.96. The summed E-state index contributed by atoms with van der Waals surface area (Å²) >= 11 is 0. The van der Waals surface area contributed by atoms with E-state index < -0.39 is 23.6 Å². The van der Waals surface area contributed by atoms with Crippen molar-refractivity contribution >= 4 is 17.5 Å². The molecule has 0 bridgehead atoms. The fraction of sp³-hybridized carbons (Fsp3) is 0.222. The molecule has 25 heavy (non-hydrogen) atoms. The Labute approximate surface area is 143 Å². The lowest BCUT2D eigenvalue weighted by molar-refractivity contribution is -0.117. The minimum Gasteiger partial charge on any atom is -0.497 e. The average molecular weight is 346 g/mol.